The molecule has 0 spiro atoms. The van der Waals surface area contributed by atoms with E-state index < -0.39 is 0 Å². The van der Waals surface area contributed by atoms with Crippen LogP contribution >= 0.6 is 11.8 Å². The second-order valence-electron chi connectivity index (χ2n) is 2.45. The molecule has 62 valence electrons. The predicted octanol–water partition coefficient (Wildman–Crippen LogP) is 2.13. The van der Waals surface area contributed by atoms with Crippen LogP contribution < -0.4 is 5.32 Å². The number of rotatable bonds is 7. The lowest BCUT2D eigenvalue weighted by Crippen LogP contribution is -2.18. The molecular weight excluding hydrogens is 142 g/mol. The van der Waals surface area contributed by atoms with E-state index >= 15 is 0 Å². The summed E-state index contributed by atoms with van der Waals surface area (Å²) in [5.74, 6) is 1.24. The molecule has 1 N–H and O–H groups in total. The van der Waals surface area contributed by atoms with Gasteiger partial charge in [-0.1, -0.05) is 19.8 Å². The van der Waals surface area contributed by atoms with Crippen LogP contribution in [0.2, 0.25) is 0 Å². The van der Waals surface area contributed by atoms with Crippen LogP contribution in [0.5, 0.6) is 0 Å². The first-order valence-corrected chi connectivity index (χ1v) is 5.50. The molecule has 0 aromatic rings. The monoisotopic (exact) mass is 161 g/mol. The zero-order valence-electron chi connectivity index (χ0n) is 7.15. The molecule has 0 heterocycles. The second-order valence-corrected chi connectivity index (χ2v) is 3.44. The molecule has 0 aromatic carbocycles. The lowest BCUT2D eigenvalue weighted by molar-refractivity contribution is 0.636. The molecule has 0 rings (SSSR count). The van der Waals surface area contributed by atoms with Crippen molar-refractivity contribution < 1.29 is 0 Å². The summed E-state index contributed by atoms with van der Waals surface area (Å²) in [5, 5.41) is 3.40. The summed E-state index contributed by atoms with van der Waals surface area (Å²) in [6.07, 6.45) is 6.18. The van der Waals surface area contributed by atoms with Gasteiger partial charge >= 0.3 is 0 Å². The van der Waals surface area contributed by atoms with Gasteiger partial charge in [-0.2, -0.15) is 11.8 Å². The third-order valence-electron chi connectivity index (χ3n) is 1.44. The van der Waals surface area contributed by atoms with Crippen molar-refractivity contribution in [2.45, 2.75) is 26.2 Å². The molecule has 0 saturated carbocycles. The molecule has 2 heteroatoms. The predicted molar refractivity (Wildman–Crippen MR) is 50.8 cm³/mol. The van der Waals surface area contributed by atoms with E-state index in [2.05, 4.69) is 18.5 Å². The number of nitrogens with one attached hydrogen (secondary N) is 1. The standard InChI is InChI=1S/C8H19NS/c1-3-4-5-6-9-7-8-10-2/h9H,3-8H2,1-2H3. The Kier molecular flexibility index (Phi) is 9.60. The number of hydrogen-bond acceptors (Lipinski definition) is 2. The summed E-state index contributed by atoms with van der Waals surface area (Å²) < 4.78 is 0. The quantitative estimate of drug-likeness (QED) is 0.574. The van der Waals surface area contributed by atoms with Gasteiger partial charge in [0.15, 0.2) is 0 Å². The number of hydrogen-bond donors (Lipinski definition) is 1. The molecule has 0 unspecified atom stereocenters. The largest absolute Gasteiger partial charge is 0.316 e. The topological polar surface area (TPSA) is 12.0 Å². The fourth-order valence-corrected chi connectivity index (χ4v) is 1.15. The van der Waals surface area contributed by atoms with Gasteiger partial charge in [0.25, 0.3) is 0 Å². The lowest BCUT2D eigenvalue weighted by Gasteiger charge is -2.01. The average molecular weight is 161 g/mol. The molecule has 0 aliphatic carbocycles. The highest BCUT2D eigenvalue weighted by atomic mass is 32.2. The van der Waals surface area contributed by atoms with Crippen molar-refractivity contribution in [1.82, 2.24) is 5.32 Å². The third-order valence-corrected chi connectivity index (χ3v) is 2.05. The Morgan fingerprint density at radius 2 is 2.00 bits per heavy atom. The molecule has 0 radical (unpaired) electrons. The van der Waals surface area contributed by atoms with Crippen LogP contribution in [-0.4, -0.2) is 25.1 Å². The van der Waals surface area contributed by atoms with Crippen molar-refractivity contribution in [2.24, 2.45) is 0 Å². The zero-order chi connectivity index (χ0) is 7.66. The van der Waals surface area contributed by atoms with Gasteiger partial charge in [-0.3, -0.25) is 0 Å². The van der Waals surface area contributed by atoms with Crippen molar-refractivity contribution in [2.75, 3.05) is 25.1 Å². The van der Waals surface area contributed by atoms with Gasteiger partial charge in [0.2, 0.25) is 0 Å². The molecule has 0 saturated heterocycles. The molecule has 1 nitrogen and oxygen atoms in total. The first-order valence-electron chi connectivity index (χ1n) is 4.11. The molecule has 0 atom stereocenters. The fraction of sp³-hybridized carbons (Fsp3) is 1.00. The van der Waals surface area contributed by atoms with Crippen LogP contribution in [0.25, 0.3) is 0 Å². The molecule has 0 fully saturated rings. The van der Waals surface area contributed by atoms with Gasteiger partial charge < -0.3 is 5.32 Å². The van der Waals surface area contributed by atoms with E-state index in [1.54, 1.807) is 0 Å². The van der Waals surface area contributed by atoms with E-state index in [0.29, 0.717) is 0 Å². The first-order chi connectivity index (χ1) is 4.91. The van der Waals surface area contributed by atoms with Crippen LogP contribution in [0.15, 0.2) is 0 Å². The van der Waals surface area contributed by atoms with Crippen molar-refractivity contribution >= 4 is 11.8 Å². The smallest absolute Gasteiger partial charge is 0.00553 e. The second kappa shape index (κ2) is 9.31. The molecule has 10 heavy (non-hydrogen) atoms. The van der Waals surface area contributed by atoms with Gasteiger partial charge in [0.05, 0.1) is 0 Å². The summed E-state index contributed by atoms with van der Waals surface area (Å²) in [6.45, 7) is 4.61. The third kappa shape index (κ3) is 8.31. The normalized spacial score (nSPS) is 10.2. The molecule has 0 amide bonds. The van der Waals surface area contributed by atoms with E-state index in [4.69, 9.17) is 0 Å². The Morgan fingerprint density at radius 1 is 1.20 bits per heavy atom. The average Bonchev–Trinajstić information content (AvgIpc) is 1.97. The van der Waals surface area contributed by atoms with Gasteiger partial charge in [0.1, 0.15) is 0 Å². The van der Waals surface area contributed by atoms with Crippen molar-refractivity contribution in [3.05, 3.63) is 0 Å². The Hall–Kier alpha value is 0.310. The molecule has 0 aliphatic heterocycles. The number of thioether (sulfide) groups is 1. The summed E-state index contributed by atoms with van der Waals surface area (Å²) in [7, 11) is 0. The minimum Gasteiger partial charge on any atom is -0.316 e. The van der Waals surface area contributed by atoms with Gasteiger partial charge in [-0.15, -0.1) is 0 Å². The van der Waals surface area contributed by atoms with Crippen molar-refractivity contribution in [1.29, 1.82) is 0 Å². The fourth-order valence-electron chi connectivity index (χ4n) is 0.799. The van der Waals surface area contributed by atoms with Crippen LogP contribution in [0.4, 0.5) is 0 Å². The minimum absolute atomic E-state index is 1.17. The van der Waals surface area contributed by atoms with Crippen molar-refractivity contribution in [3.8, 4) is 0 Å². The van der Waals surface area contributed by atoms with E-state index in [1.807, 2.05) is 11.8 Å². The maximum absolute atomic E-state index is 3.40. The van der Waals surface area contributed by atoms with Gasteiger partial charge in [0, 0.05) is 12.3 Å². The Balaban J connectivity index is 2.65. The van der Waals surface area contributed by atoms with Gasteiger partial charge in [-0.05, 0) is 19.2 Å². The van der Waals surface area contributed by atoms with E-state index in [9.17, 15) is 0 Å². The van der Waals surface area contributed by atoms with Crippen LogP contribution in [0, 0.1) is 0 Å². The van der Waals surface area contributed by atoms with E-state index in [0.717, 1.165) is 0 Å². The number of unbranched alkanes of at least 4 members (excludes halogenated alkanes) is 2. The summed E-state index contributed by atoms with van der Waals surface area (Å²) >= 11 is 1.90. The highest BCUT2D eigenvalue weighted by molar-refractivity contribution is 7.98. The minimum atomic E-state index is 1.17. The van der Waals surface area contributed by atoms with Crippen molar-refractivity contribution in [3.63, 3.8) is 0 Å². The Morgan fingerprint density at radius 3 is 2.60 bits per heavy atom. The SMILES string of the molecule is CCCCCNCCSC. The Labute approximate surface area is 69.0 Å². The lowest BCUT2D eigenvalue weighted by atomic mass is 10.2. The first kappa shape index (κ1) is 10.3. The Bertz CT molecular complexity index is 49.2. The van der Waals surface area contributed by atoms with Gasteiger partial charge in [-0.25, -0.2) is 0 Å². The molecular formula is C8H19NS. The molecule has 0 aliphatic rings. The van der Waals surface area contributed by atoms with Crippen LogP contribution in [0.3, 0.4) is 0 Å². The van der Waals surface area contributed by atoms with E-state index in [1.165, 1.54) is 38.1 Å². The maximum Gasteiger partial charge on any atom is 0.00553 e. The van der Waals surface area contributed by atoms with E-state index in [-0.39, 0.29) is 0 Å². The summed E-state index contributed by atoms with van der Waals surface area (Å²) in [5.41, 5.74) is 0. The summed E-state index contributed by atoms with van der Waals surface area (Å²) in [4.78, 5) is 0. The molecule has 0 bridgehead atoms. The van der Waals surface area contributed by atoms with Crippen LogP contribution in [0.1, 0.15) is 26.2 Å². The maximum atomic E-state index is 3.40. The zero-order valence-corrected chi connectivity index (χ0v) is 7.97. The molecule has 0 aromatic heterocycles. The van der Waals surface area contributed by atoms with Crippen LogP contribution in [-0.2, 0) is 0 Å². The highest BCUT2D eigenvalue weighted by Crippen LogP contribution is 1.91. The summed E-state index contributed by atoms with van der Waals surface area (Å²) in [6, 6.07) is 0. The highest BCUT2D eigenvalue weighted by Gasteiger charge is 1.85.